The Morgan fingerprint density at radius 1 is 1.53 bits per heavy atom. The van der Waals surface area contributed by atoms with Gasteiger partial charge in [0.05, 0.1) is 11.9 Å². The largest absolute Gasteiger partial charge is 0.358 e. The summed E-state index contributed by atoms with van der Waals surface area (Å²) in [6, 6.07) is 0. The van der Waals surface area contributed by atoms with E-state index in [2.05, 4.69) is 22.3 Å². The van der Waals surface area contributed by atoms with E-state index >= 15 is 0 Å². The van der Waals surface area contributed by atoms with Gasteiger partial charge in [-0.25, -0.2) is 0 Å². The Bertz CT molecular complexity index is 411. The molecule has 0 fully saturated rings. The first-order valence-electron chi connectivity index (χ1n) is 5.29. The van der Waals surface area contributed by atoms with Crippen LogP contribution in [-0.4, -0.2) is 28.6 Å². The van der Waals surface area contributed by atoms with Crippen LogP contribution in [0.25, 0.3) is 0 Å². The number of nitrogens with zero attached hydrogens (tertiary/aromatic N) is 2. The van der Waals surface area contributed by atoms with E-state index in [-0.39, 0.29) is 18.4 Å². The van der Waals surface area contributed by atoms with Crippen molar-refractivity contribution in [1.82, 2.24) is 15.1 Å². The molecule has 0 aliphatic carbocycles. The molecule has 0 aliphatic heterocycles. The maximum Gasteiger partial charge on any atom is 0.241 e. The van der Waals surface area contributed by atoms with Gasteiger partial charge in [0.15, 0.2) is 0 Å². The molecule has 1 rings (SSSR count). The molecule has 1 aromatic rings. The second kappa shape index (κ2) is 6.47. The van der Waals surface area contributed by atoms with Crippen molar-refractivity contribution in [3.63, 3.8) is 0 Å². The number of carbonyl (C=O) groups excluding carboxylic acids is 2. The van der Waals surface area contributed by atoms with Crippen molar-refractivity contribution in [1.29, 1.82) is 0 Å². The number of aromatic nitrogens is 2. The Kier molecular flexibility index (Phi) is 4.93. The van der Waals surface area contributed by atoms with E-state index in [1.54, 1.807) is 19.3 Å². The van der Waals surface area contributed by atoms with Crippen molar-refractivity contribution >= 4 is 17.5 Å². The molecule has 0 atom stereocenters. The van der Waals surface area contributed by atoms with E-state index in [9.17, 15) is 9.59 Å². The zero-order valence-corrected chi connectivity index (χ0v) is 9.77. The van der Waals surface area contributed by atoms with Crippen molar-refractivity contribution in [2.75, 3.05) is 12.4 Å². The highest BCUT2D eigenvalue weighted by Crippen LogP contribution is 2.05. The Morgan fingerprint density at radius 2 is 2.29 bits per heavy atom. The van der Waals surface area contributed by atoms with E-state index in [1.807, 2.05) is 0 Å². The summed E-state index contributed by atoms with van der Waals surface area (Å²) in [7, 11) is 1.56. The monoisotopic (exact) mass is 236 g/mol. The van der Waals surface area contributed by atoms with Gasteiger partial charge < -0.3 is 10.6 Å². The maximum atomic E-state index is 11.4. The molecular formula is C11H16N4O2. The fourth-order valence-corrected chi connectivity index (χ4v) is 1.20. The van der Waals surface area contributed by atoms with Crippen LogP contribution in [-0.2, 0) is 16.1 Å². The average Bonchev–Trinajstić information content (AvgIpc) is 2.73. The standard InChI is InChI=1S/C11H16N4O2/c1-3-4-5-10(16)14-9-6-13-15(7-9)8-11(17)12-2/h3,6-7H,1,4-5,8H2,2H3,(H,12,17)(H,14,16). The van der Waals surface area contributed by atoms with Crippen LogP contribution in [0.3, 0.4) is 0 Å². The van der Waals surface area contributed by atoms with Gasteiger partial charge in [-0.1, -0.05) is 6.08 Å². The van der Waals surface area contributed by atoms with Crippen LogP contribution in [0.1, 0.15) is 12.8 Å². The molecule has 2 N–H and O–H groups in total. The molecule has 0 aliphatic rings. The number of likely N-dealkylation sites (N-methyl/N-ethyl adjacent to an activating group) is 1. The summed E-state index contributed by atoms with van der Waals surface area (Å²) in [5, 5.41) is 9.14. The number of nitrogens with one attached hydrogen (secondary N) is 2. The minimum Gasteiger partial charge on any atom is -0.358 e. The van der Waals surface area contributed by atoms with Crippen LogP contribution < -0.4 is 10.6 Å². The summed E-state index contributed by atoms with van der Waals surface area (Å²) in [5.41, 5.74) is 0.586. The highest BCUT2D eigenvalue weighted by atomic mass is 16.2. The van der Waals surface area contributed by atoms with E-state index in [0.29, 0.717) is 18.5 Å². The zero-order chi connectivity index (χ0) is 12.7. The van der Waals surface area contributed by atoms with Crippen LogP contribution in [0.4, 0.5) is 5.69 Å². The van der Waals surface area contributed by atoms with E-state index in [1.165, 1.54) is 10.9 Å². The molecule has 0 aromatic carbocycles. The topological polar surface area (TPSA) is 76.0 Å². The molecule has 0 spiro atoms. The van der Waals surface area contributed by atoms with E-state index < -0.39 is 0 Å². The molecule has 0 saturated carbocycles. The molecule has 2 amide bonds. The predicted octanol–water partition coefficient (Wildman–Crippen LogP) is 0.534. The molecule has 6 nitrogen and oxygen atoms in total. The molecule has 0 radical (unpaired) electrons. The molecular weight excluding hydrogens is 220 g/mol. The van der Waals surface area contributed by atoms with Crippen molar-refractivity contribution in [3.8, 4) is 0 Å². The van der Waals surface area contributed by atoms with Gasteiger partial charge in [-0.3, -0.25) is 14.3 Å². The fraction of sp³-hybridized carbons (Fsp3) is 0.364. The lowest BCUT2D eigenvalue weighted by Crippen LogP contribution is -2.23. The van der Waals surface area contributed by atoms with Gasteiger partial charge in [-0.2, -0.15) is 5.10 Å². The van der Waals surface area contributed by atoms with Crippen molar-refractivity contribution in [2.45, 2.75) is 19.4 Å². The fourth-order valence-electron chi connectivity index (χ4n) is 1.20. The molecule has 0 saturated heterocycles. The van der Waals surface area contributed by atoms with Gasteiger partial charge >= 0.3 is 0 Å². The van der Waals surface area contributed by atoms with Gasteiger partial charge in [0.1, 0.15) is 6.54 Å². The lowest BCUT2D eigenvalue weighted by molar-refractivity contribution is -0.121. The number of anilines is 1. The minimum atomic E-state index is -0.141. The number of allylic oxidation sites excluding steroid dienone is 1. The Balaban J connectivity index is 2.47. The zero-order valence-electron chi connectivity index (χ0n) is 9.77. The number of amides is 2. The van der Waals surface area contributed by atoms with E-state index in [0.717, 1.165) is 0 Å². The molecule has 0 bridgehead atoms. The number of carbonyl (C=O) groups is 2. The highest BCUT2D eigenvalue weighted by molar-refractivity contribution is 5.90. The van der Waals surface area contributed by atoms with Crippen LogP contribution in [0, 0.1) is 0 Å². The van der Waals surface area contributed by atoms with Crippen LogP contribution >= 0.6 is 0 Å². The smallest absolute Gasteiger partial charge is 0.241 e. The van der Waals surface area contributed by atoms with Gasteiger partial charge in [-0.15, -0.1) is 6.58 Å². The molecule has 1 aromatic heterocycles. The molecule has 6 heteroatoms. The second-order valence-corrected chi connectivity index (χ2v) is 3.48. The average molecular weight is 236 g/mol. The summed E-state index contributed by atoms with van der Waals surface area (Å²) in [5.74, 6) is -0.234. The van der Waals surface area contributed by atoms with Gasteiger partial charge in [-0.05, 0) is 6.42 Å². The van der Waals surface area contributed by atoms with Crippen molar-refractivity contribution in [3.05, 3.63) is 25.0 Å². The summed E-state index contributed by atoms with van der Waals surface area (Å²) >= 11 is 0. The SMILES string of the molecule is C=CCCC(=O)Nc1cnn(CC(=O)NC)c1. The Morgan fingerprint density at radius 3 is 2.94 bits per heavy atom. The quantitative estimate of drug-likeness (QED) is 0.707. The first-order chi connectivity index (χ1) is 8.15. The highest BCUT2D eigenvalue weighted by Gasteiger charge is 2.05. The van der Waals surface area contributed by atoms with Gasteiger partial charge in [0.2, 0.25) is 11.8 Å². The number of hydrogen-bond acceptors (Lipinski definition) is 3. The summed E-state index contributed by atoms with van der Waals surface area (Å²) < 4.78 is 1.46. The van der Waals surface area contributed by atoms with Crippen molar-refractivity contribution in [2.24, 2.45) is 0 Å². The minimum absolute atomic E-state index is 0.0932. The Hall–Kier alpha value is -2.11. The van der Waals surface area contributed by atoms with Crippen LogP contribution in [0.5, 0.6) is 0 Å². The van der Waals surface area contributed by atoms with Crippen molar-refractivity contribution < 1.29 is 9.59 Å². The maximum absolute atomic E-state index is 11.4. The molecule has 0 unspecified atom stereocenters. The third kappa shape index (κ3) is 4.50. The van der Waals surface area contributed by atoms with Crippen LogP contribution in [0.2, 0.25) is 0 Å². The molecule has 92 valence electrons. The third-order valence-corrected chi connectivity index (χ3v) is 2.08. The van der Waals surface area contributed by atoms with Gasteiger partial charge in [0, 0.05) is 19.7 Å². The lowest BCUT2D eigenvalue weighted by atomic mass is 10.3. The number of hydrogen-bond donors (Lipinski definition) is 2. The number of rotatable bonds is 6. The molecule has 1 heterocycles. The second-order valence-electron chi connectivity index (χ2n) is 3.48. The first kappa shape index (κ1) is 13.0. The van der Waals surface area contributed by atoms with Crippen LogP contribution in [0.15, 0.2) is 25.0 Å². The molecule has 17 heavy (non-hydrogen) atoms. The lowest BCUT2D eigenvalue weighted by Gasteiger charge is -2.00. The normalized spacial score (nSPS) is 9.71. The first-order valence-corrected chi connectivity index (χ1v) is 5.29. The van der Waals surface area contributed by atoms with E-state index in [4.69, 9.17) is 0 Å². The summed E-state index contributed by atoms with van der Waals surface area (Å²) in [4.78, 5) is 22.5. The van der Waals surface area contributed by atoms with Gasteiger partial charge in [0.25, 0.3) is 0 Å². The Labute approximate surface area is 99.7 Å². The summed E-state index contributed by atoms with van der Waals surface area (Å²) in [6.45, 7) is 3.68. The predicted molar refractivity (Wildman–Crippen MR) is 64.4 cm³/mol. The third-order valence-electron chi connectivity index (χ3n) is 2.08. The summed E-state index contributed by atoms with van der Waals surface area (Å²) in [6.07, 6.45) is 5.84.